The van der Waals surface area contributed by atoms with Crippen LogP contribution in [0.15, 0.2) is 30.5 Å². The van der Waals surface area contributed by atoms with Gasteiger partial charge in [-0.05, 0) is 18.1 Å². The fourth-order valence-electron chi connectivity index (χ4n) is 2.87. The topological polar surface area (TPSA) is 84.3 Å². The van der Waals surface area contributed by atoms with Gasteiger partial charge < -0.3 is 5.32 Å². The molecule has 1 aromatic carbocycles. The zero-order chi connectivity index (χ0) is 19.4. The van der Waals surface area contributed by atoms with E-state index in [1.807, 2.05) is 6.07 Å². The molecule has 1 saturated heterocycles. The molecule has 0 atom stereocenters. The van der Waals surface area contributed by atoms with Crippen molar-refractivity contribution in [1.82, 2.24) is 14.7 Å². The third kappa shape index (κ3) is 4.67. The minimum Gasteiger partial charge on any atom is -0.311 e. The maximum absolute atomic E-state index is 12.2. The van der Waals surface area contributed by atoms with Gasteiger partial charge in [-0.15, -0.1) is 0 Å². The highest BCUT2D eigenvalue weighted by Gasteiger charge is 2.28. The zero-order valence-corrected chi connectivity index (χ0v) is 16.0. The molecule has 0 saturated carbocycles. The summed E-state index contributed by atoms with van der Waals surface area (Å²) < 4.78 is 1.61. The number of carbonyl (C=O) groups excluding carboxylic acids is 3. The quantitative estimate of drug-likeness (QED) is 0.713. The van der Waals surface area contributed by atoms with Crippen molar-refractivity contribution in [3.8, 4) is 0 Å². The number of rotatable bonds is 7. The molecule has 2 aromatic rings. The standard InChI is InChI=1S/C18H18Cl2N4O3/c19-13-4-1-3-12(18(13)20)11-24-14(8-9-21-24)22-15(25)5-2-10-23-16(26)6-7-17(23)27/h1,3-4,8-9H,2,5-7,10-11H2,(H,22,25). The monoisotopic (exact) mass is 408 g/mol. The number of halogens is 2. The molecule has 2 heterocycles. The van der Waals surface area contributed by atoms with Gasteiger partial charge in [0.15, 0.2) is 0 Å². The van der Waals surface area contributed by atoms with Gasteiger partial charge in [-0.1, -0.05) is 35.3 Å². The average molecular weight is 409 g/mol. The van der Waals surface area contributed by atoms with Crippen LogP contribution in [0.3, 0.4) is 0 Å². The van der Waals surface area contributed by atoms with Crippen molar-refractivity contribution in [2.24, 2.45) is 0 Å². The normalized spacial score (nSPS) is 14.1. The lowest BCUT2D eigenvalue weighted by atomic mass is 10.2. The smallest absolute Gasteiger partial charge is 0.229 e. The van der Waals surface area contributed by atoms with Crippen LogP contribution < -0.4 is 5.32 Å². The Balaban J connectivity index is 1.54. The number of anilines is 1. The largest absolute Gasteiger partial charge is 0.311 e. The van der Waals surface area contributed by atoms with E-state index in [0.717, 1.165) is 5.56 Å². The number of aromatic nitrogens is 2. The fraction of sp³-hybridized carbons (Fsp3) is 0.333. The number of likely N-dealkylation sites (tertiary alicyclic amines) is 1. The van der Waals surface area contributed by atoms with E-state index in [1.54, 1.807) is 29.1 Å². The number of hydrogen-bond donors (Lipinski definition) is 1. The van der Waals surface area contributed by atoms with Gasteiger partial charge in [-0.3, -0.25) is 19.3 Å². The summed E-state index contributed by atoms with van der Waals surface area (Å²) in [6, 6.07) is 7.02. The summed E-state index contributed by atoms with van der Waals surface area (Å²) in [4.78, 5) is 36.5. The summed E-state index contributed by atoms with van der Waals surface area (Å²) in [6.45, 7) is 0.626. The Morgan fingerprint density at radius 3 is 2.63 bits per heavy atom. The number of nitrogens with zero attached hydrogens (tertiary/aromatic N) is 3. The van der Waals surface area contributed by atoms with Gasteiger partial charge in [-0.2, -0.15) is 5.10 Å². The Morgan fingerprint density at radius 1 is 1.15 bits per heavy atom. The molecule has 1 N–H and O–H groups in total. The van der Waals surface area contributed by atoms with Crippen molar-refractivity contribution in [2.45, 2.75) is 32.2 Å². The van der Waals surface area contributed by atoms with Crippen LogP contribution in [0.2, 0.25) is 10.0 Å². The van der Waals surface area contributed by atoms with Crippen LogP contribution in [-0.2, 0) is 20.9 Å². The van der Waals surface area contributed by atoms with E-state index in [9.17, 15) is 14.4 Å². The molecule has 3 rings (SSSR count). The van der Waals surface area contributed by atoms with Gasteiger partial charge in [0.25, 0.3) is 0 Å². The predicted molar refractivity (Wildman–Crippen MR) is 102 cm³/mol. The second kappa shape index (κ2) is 8.54. The van der Waals surface area contributed by atoms with Gasteiger partial charge >= 0.3 is 0 Å². The first-order valence-electron chi connectivity index (χ1n) is 8.53. The van der Waals surface area contributed by atoms with Gasteiger partial charge in [-0.25, -0.2) is 4.68 Å². The molecule has 1 aliphatic heterocycles. The molecule has 1 fully saturated rings. The molecule has 0 unspecified atom stereocenters. The van der Waals surface area contributed by atoms with E-state index in [1.165, 1.54) is 4.90 Å². The highest BCUT2D eigenvalue weighted by atomic mass is 35.5. The highest BCUT2D eigenvalue weighted by Crippen LogP contribution is 2.26. The summed E-state index contributed by atoms with van der Waals surface area (Å²) >= 11 is 12.2. The Morgan fingerprint density at radius 2 is 1.89 bits per heavy atom. The number of amides is 3. The van der Waals surface area contributed by atoms with Gasteiger partial charge in [0.1, 0.15) is 5.82 Å². The average Bonchev–Trinajstić information content (AvgIpc) is 3.19. The van der Waals surface area contributed by atoms with Crippen molar-refractivity contribution in [2.75, 3.05) is 11.9 Å². The van der Waals surface area contributed by atoms with E-state index in [4.69, 9.17) is 23.2 Å². The Labute approximate surface area is 166 Å². The number of imide groups is 1. The first kappa shape index (κ1) is 19.4. The number of nitrogens with one attached hydrogen (secondary N) is 1. The summed E-state index contributed by atoms with van der Waals surface area (Å²) in [5.41, 5.74) is 0.787. The second-order valence-corrected chi connectivity index (χ2v) is 6.96. The molecule has 142 valence electrons. The van der Waals surface area contributed by atoms with Crippen molar-refractivity contribution in [3.63, 3.8) is 0 Å². The molecule has 9 heteroatoms. The second-order valence-electron chi connectivity index (χ2n) is 6.18. The molecular formula is C18H18Cl2N4O3. The zero-order valence-electron chi connectivity index (χ0n) is 14.5. The summed E-state index contributed by atoms with van der Waals surface area (Å²) in [6.07, 6.45) is 2.71. The SMILES string of the molecule is O=C(CCCN1C(=O)CCC1=O)Nc1ccnn1Cc1cccc(Cl)c1Cl. The lowest BCUT2D eigenvalue weighted by molar-refractivity contribution is -0.138. The molecule has 3 amide bonds. The van der Waals surface area contributed by atoms with Crippen molar-refractivity contribution < 1.29 is 14.4 Å². The molecule has 0 spiro atoms. The van der Waals surface area contributed by atoms with Crippen LogP contribution in [0, 0.1) is 0 Å². The van der Waals surface area contributed by atoms with Gasteiger partial charge in [0.2, 0.25) is 17.7 Å². The fourth-order valence-corrected chi connectivity index (χ4v) is 3.25. The Kier molecular flexibility index (Phi) is 6.13. The predicted octanol–water partition coefficient (Wildman–Crippen LogP) is 3.11. The first-order valence-corrected chi connectivity index (χ1v) is 9.29. The number of carbonyl (C=O) groups is 3. The van der Waals surface area contributed by atoms with E-state index in [-0.39, 0.29) is 43.5 Å². The van der Waals surface area contributed by atoms with Crippen LogP contribution in [0.4, 0.5) is 5.82 Å². The minimum atomic E-state index is -0.215. The lowest BCUT2D eigenvalue weighted by Crippen LogP contribution is -2.30. The van der Waals surface area contributed by atoms with E-state index in [2.05, 4.69) is 10.4 Å². The van der Waals surface area contributed by atoms with E-state index >= 15 is 0 Å². The summed E-state index contributed by atoms with van der Waals surface area (Å²) in [5.74, 6) is -0.0221. The number of benzene rings is 1. The van der Waals surface area contributed by atoms with Gasteiger partial charge in [0, 0.05) is 31.9 Å². The molecule has 1 aliphatic rings. The van der Waals surface area contributed by atoms with Crippen molar-refractivity contribution in [3.05, 3.63) is 46.1 Å². The molecule has 0 radical (unpaired) electrons. The molecule has 7 nitrogen and oxygen atoms in total. The van der Waals surface area contributed by atoms with Crippen LogP contribution in [-0.4, -0.2) is 38.9 Å². The van der Waals surface area contributed by atoms with Crippen molar-refractivity contribution >= 4 is 46.7 Å². The van der Waals surface area contributed by atoms with E-state index in [0.29, 0.717) is 28.8 Å². The summed E-state index contributed by atoms with van der Waals surface area (Å²) in [5, 5.41) is 7.90. The molecule has 27 heavy (non-hydrogen) atoms. The maximum atomic E-state index is 12.2. The van der Waals surface area contributed by atoms with E-state index < -0.39 is 0 Å². The third-order valence-corrected chi connectivity index (χ3v) is 5.13. The van der Waals surface area contributed by atoms with Crippen LogP contribution in [0.5, 0.6) is 0 Å². The minimum absolute atomic E-state index is 0.170. The lowest BCUT2D eigenvalue weighted by Gasteiger charge is -2.13. The van der Waals surface area contributed by atoms with Crippen LogP contribution in [0.25, 0.3) is 0 Å². The molecule has 0 bridgehead atoms. The van der Waals surface area contributed by atoms with Gasteiger partial charge in [0.05, 0.1) is 22.8 Å². The Bertz CT molecular complexity index is 865. The third-order valence-electron chi connectivity index (χ3n) is 4.28. The Hall–Kier alpha value is -2.38. The summed E-state index contributed by atoms with van der Waals surface area (Å²) in [7, 11) is 0. The molecule has 1 aromatic heterocycles. The number of hydrogen-bond acceptors (Lipinski definition) is 4. The highest BCUT2D eigenvalue weighted by molar-refractivity contribution is 6.42. The molecular weight excluding hydrogens is 391 g/mol. The van der Waals surface area contributed by atoms with Crippen LogP contribution >= 0.6 is 23.2 Å². The van der Waals surface area contributed by atoms with Crippen LogP contribution in [0.1, 0.15) is 31.2 Å². The molecule has 0 aliphatic carbocycles. The first-order chi connectivity index (χ1) is 13.0. The van der Waals surface area contributed by atoms with Crippen molar-refractivity contribution in [1.29, 1.82) is 0 Å². The maximum Gasteiger partial charge on any atom is 0.229 e.